The minimum absolute atomic E-state index is 0.0268. The van der Waals surface area contributed by atoms with Crippen molar-refractivity contribution in [1.29, 1.82) is 0 Å². The number of halogens is 3. The van der Waals surface area contributed by atoms with Crippen LogP contribution in [0.3, 0.4) is 0 Å². The average Bonchev–Trinajstić information content (AvgIpc) is 2.71. The third-order valence-electron chi connectivity index (χ3n) is 4.91. The summed E-state index contributed by atoms with van der Waals surface area (Å²) >= 11 is 18.7. The second-order valence-corrected chi connectivity index (χ2v) is 8.02. The van der Waals surface area contributed by atoms with Crippen LogP contribution in [-0.2, 0) is 4.79 Å². The zero-order chi connectivity index (χ0) is 21.0. The maximum atomic E-state index is 11.7. The van der Waals surface area contributed by atoms with Gasteiger partial charge in [-0.1, -0.05) is 41.4 Å². The van der Waals surface area contributed by atoms with Crippen molar-refractivity contribution in [1.82, 2.24) is 9.80 Å². The van der Waals surface area contributed by atoms with Crippen LogP contribution in [0.5, 0.6) is 5.75 Å². The number of aromatic hydroxyl groups is 1. The Bertz CT molecular complexity index is 912. The molecule has 1 saturated heterocycles. The van der Waals surface area contributed by atoms with Crippen molar-refractivity contribution in [2.75, 3.05) is 44.6 Å². The lowest BCUT2D eigenvalue weighted by molar-refractivity contribution is -0.127. The Balaban J connectivity index is 1.64. The van der Waals surface area contributed by atoms with Crippen molar-refractivity contribution in [2.24, 2.45) is 0 Å². The topological polar surface area (TPSA) is 55.8 Å². The number of hydrogen-bond acceptors (Lipinski definition) is 4. The van der Waals surface area contributed by atoms with Crippen LogP contribution in [0.4, 0.5) is 5.69 Å². The number of piperazine rings is 1. The van der Waals surface area contributed by atoms with Gasteiger partial charge in [-0.2, -0.15) is 0 Å². The molecule has 0 spiro atoms. The summed E-state index contributed by atoms with van der Waals surface area (Å²) in [5, 5.41) is 15.0. The number of benzene rings is 2. The Morgan fingerprint density at radius 2 is 1.76 bits per heavy atom. The number of rotatable bonds is 6. The molecule has 1 aliphatic heterocycles. The molecule has 0 unspecified atom stereocenters. The molecule has 1 amide bonds. The summed E-state index contributed by atoms with van der Waals surface area (Å²) in [6.45, 7) is 7.93. The predicted molar refractivity (Wildman–Crippen MR) is 120 cm³/mol. The van der Waals surface area contributed by atoms with Gasteiger partial charge in [0.1, 0.15) is 5.75 Å². The first-order valence-electron chi connectivity index (χ1n) is 9.24. The Hall–Kier alpha value is -1.92. The number of hydrogen-bond donors (Lipinski definition) is 2. The van der Waals surface area contributed by atoms with Crippen LogP contribution >= 0.6 is 34.8 Å². The first kappa shape index (κ1) is 21.8. The zero-order valence-corrected chi connectivity index (χ0v) is 18.1. The molecule has 1 fully saturated rings. The van der Waals surface area contributed by atoms with E-state index in [1.807, 2.05) is 0 Å². The van der Waals surface area contributed by atoms with Crippen LogP contribution < -0.4 is 5.32 Å². The van der Waals surface area contributed by atoms with Gasteiger partial charge < -0.3 is 15.3 Å². The highest BCUT2D eigenvalue weighted by atomic mass is 35.5. The third-order valence-corrected chi connectivity index (χ3v) is 5.78. The number of nitrogens with zero attached hydrogens (tertiary/aromatic N) is 2. The molecule has 1 heterocycles. The molecule has 2 aromatic carbocycles. The van der Waals surface area contributed by atoms with Gasteiger partial charge >= 0.3 is 0 Å². The fraction of sp³-hybridized carbons (Fsp3) is 0.286. The molecule has 8 heteroatoms. The molecule has 2 N–H and O–H groups in total. The molecule has 0 aromatic heterocycles. The SMILES string of the molecule is C=CC(=O)N1CCN(CCNc2cc(-c3cc(Cl)ccc3Cl)c(Cl)cc2O)CC1. The van der Waals surface area contributed by atoms with E-state index in [4.69, 9.17) is 34.8 Å². The number of phenolic OH excluding ortho intramolecular Hbond substituents is 1. The molecule has 154 valence electrons. The Labute approximate surface area is 185 Å². The Morgan fingerprint density at radius 1 is 1.07 bits per heavy atom. The number of phenols is 1. The van der Waals surface area contributed by atoms with Crippen LogP contribution in [0.2, 0.25) is 15.1 Å². The third kappa shape index (κ3) is 5.37. The van der Waals surface area contributed by atoms with Gasteiger partial charge in [0.05, 0.1) is 10.7 Å². The highest BCUT2D eigenvalue weighted by molar-refractivity contribution is 6.37. The number of nitrogens with one attached hydrogen (secondary N) is 1. The van der Waals surface area contributed by atoms with Gasteiger partial charge in [-0.05, 0) is 30.3 Å². The molecule has 0 aliphatic carbocycles. The lowest BCUT2D eigenvalue weighted by Crippen LogP contribution is -2.49. The molecule has 1 aliphatic rings. The minimum atomic E-state index is -0.0268. The molecule has 3 rings (SSSR count). The van der Waals surface area contributed by atoms with E-state index >= 15 is 0 Å². The lowest BCUT2D eigenvalue weighted by Gasteiger charge is -2.34. The van der Waals surface area contributed by atoms with E-state index in [-0.39, 0.29) is 11.7 Å². The summed E-state index contributed by atoms with van der Waals surface area (Å²) in [5.74, 6) is 0.0411. The standard InChI is InChI=1S/C21H22Cl3N3O2/c1-2-21(29)27-9-7-26(8-10-27)6-5-25-19-12-16(18(24)13-20(19)28)15-11-14(22)3-4-17(15)23/h2-4,11-13,25,28H,1,5-10H2. The van der Waals surface area contributed by atoms with E-state index in [0.29, 0.717) is 51.5 Å². The monoisotopic (exact) mass is 453 g/mol. The van der Waals surface area contributed by atoms with Gasteiger partial charge in [-0.3, -0.25) is 9.69 Å². The minimum Gasteiger partial charge on any atom is -0.506 e. The highest BCUT2D eigenvalue weighted by Gasteiger charge is 2.19. The number of carbonyl (C=O) groups excluding carboxylic acids is 1. The van der Waals surface area contributed by atoms with E-state index in [1.165, 1.54) is 12.1 Å². The predicted octanol–water partition coefficient (Wildman–Crippen LogP) is 4.76. The lowest BCUT2D eigenvalue weighted by atomic mass is 10.0. The fourth-order valence-electron chi connectivity index (χ4n) is 3.28. The van der Waals surface area contributed by atoms with Crippen molar-refractivity contribution < 1.29 is 9.90 Å². The van der Waals surface area contributed by atoms with Crippen molar-refractivity contribution in [3.05, 3.63) is 58.1 Å². The molecule has 0 atom stereocenters. The van der Waals surface area contributed by atoms with Gasteiger partial charge in [-0.15, -0.1) is 0 Å². The number of anilines is 1. The van der Waals surface area contributed by atoms with Gasteiger partial charge in [0, 0.05) is 66.5 Å². The van der Waals surface area contributed by atoms with E-state index in [9.17, 15) is 9.90 Å². The van der Waals surface area contributed by atoms with Crippen molar-refractivity contribution in [3.63, 3.8) is 0 Å². The zero-order valence-electron chi connectivity index (χ0n) is 15.8. The summed E-state index contributed by atoms with van der Waals surface area (Å²) in [6, 6.07) is 8.44. The normalized spacial score (nSPS) is 14.7. The summed E-state index contributed by atoms with van der Waals surface area (Å²) in [4.78, 5) is 15.7. The van der Waals surface area contributed by atoms with Crippen molar-refractivity contribution >= 4 is 46.4 Å². The van der Waals surface area contributed by atoms with Crippen LogP contribution in [0, 0.1) is 0 Å². The molecule has 0 radical (unpaired) electrons. The van der Waals surface area contributed by atoms with E-state index in [2.05, 4.69) is 16.8 Å². The maximum Gasteiger partial charge on any atom is 0.246 e. The molecule has 2 aromatic rings. The Morgan fingerprint density at radius 3 is 2.45 bits per heavy atom. The summed E-state index contributed by atoms with van der Waals surface area (Å²) < 4.78 is 0. The van der Waals surface area contributed by atoms with E-state index in [1.54, 1.807) is 29.2 Å². The number of amides is 1. The quantitative estimate of drug-likeness (QED) is 0.488. The fourth-order valence-corrected chi connectivity index (χ4v) is 3.94. The summed E-state index contributed by atoms with van der Waals surface area (Å²) in [5.41, 5.74) is 1.96. The summed E-state index contributed by atoms with van der Waals surface area (Å²) in [6.07, 6.45) is 1.35. The molecular formula is C21H22Cl3N3O2. The smallest absolute Gasteiger partial charge is 0.246 e. The van der Waals surface area contributed by atoms with Gasteiger partial charge in [-0.25, -0.2) is 0 Å². The first-order chi connectivity index (χ1) is 13.9. The average molecular weight is 455 g/mol. The van der Waals surface area contributed by atoms with Crippen molar-refractivity contribution in [2.45, 2.75) is 0 Å². The van der Waals surface area contributed by atoms with Gasteiger partial charge in [0.25, 0.3) is 0 Å². The van der Waals surface area contributed by atoms with Gasteiger partial charge in [0.15, 0.2) is 0 Å². The molecular weight excluding hydrogens is 433 g/mol. The van der Waals surface area contributed by atoms with Crippen LogP contribution in [-0.4, -0.2) is 60.1 Å². The van der Waals surface area contributed by atoms with Crippen LogP contribution in [0.15, 0.2) is 43.0 Å². The molecule has 0 saturated carbocycles. The van der Waals surface area contributed by atoms with Crippen molar-refractivity contribution in [3.8, 4) is 16.9 Å². The second kappa shape index (κ2) is 9.72. The maximum absolute atomic E-state index is 11.7. The molecule has 29 heavy (non-hydrogen) atoms. The Kier molecular flexibility index (Phi) is 7.30. The summed E-state index contributed by atoms with van der Waals surface area (Å²) in [7, 11) is 0. The molecule has 5 nitrogen and oxygen atoms in total. The number of carbonyl (C=O) groups is 1. The largest absolute Gasteiger partial charge is 0.506 e. The van der Waals surface area contributed by atoms with Crippen LogP contribution in [0.25, 0.3) is 11.1 Å². The van der Waals surface area contributed by atoms with Gasteiger partial charge in [0.2, 0.25) is 5.91 Å². The van der Waals surface area contributed by atoms with E-state index < -0.39 is 0 Å². The van der Waals surface area contributed by atoms with Crippen LogP contribution in [0.1, 0.15) is 0 Å². The van der Waals surface area contributed by atoms with E-state index in [0.717, 1.165) is 19.6 Å². The first-order valence-corrected chi connectivity index (χ1v) is 10.4. The highest BCUT2D eigenvalue weighted by Crippen LogP contribution is 2.40. The second-order valence-electron chi connectivity index (χ2n) is 6.77. The molecule has 0 bridgehead atoms.